The van der Waals surface area contributed by atoms with Gasteiger partial charge in [-0.25, -0.2) is 0 Å². The molecule has 28 nitrogen and oxygen atoms in total. The van der Waals surface area contributed by atoms with Crippen LogP contribution in [0.15, 0.2) is 54.6 Å². The number of phenols is 1. The van der Waals surface area contributed by atoms with Crippen molar-refractivity contribution < 1.29 is 83.1 Å². The van der Waals surface area contributed by atoms with Crippen LogP contribution in [-0.4, -0.2) is 187 Å². The summed E-state index contributed by atoms with van der Waals surface area (Å²) in [6.45, 7) is 6.15. The molecular formula is C49H69N11O17. The van der Waals surface area contributed by atoms with E-state index >= 15 is 0 Å². The molecule has 0 aliphatic carbocycles. The highest BCUT2D eigenvalue weighted by atomic mass is 16.4. The van der Waals surface area contributed by atoms with Gasteiger partial charge >= 0.3 is 5.97 Å². The number of aliphatic hydroxyl groups is 3. The first-order chi connectivity index (χ1) is 36.1. The molecule has 1 aliphatic rings. The van der Waals surface area contributed by atoms with Gasteiger partial charge in [0, 0.05) is 26.3 Å². The Labute approximate surface area is 442 Å². The van der Waals surface area contributed by atoms with E-state index in [2.05, 4.69) is 47.9 Å². The molecule has 11 amide bonds. The molecule has 3 rings (SSSR count). The van der Waals surface area contributed by atoms with Crippen LogP contribution in [0.5, 0.6) is 5.75 Å². The van der Waals surface area contributed by atoms with Crippen molar-refractivity contribution in [1.29, 1.82) is 0 Å². The van der Waals surface area contributed by atoms with Crippen LogP contribution in [0.4, 0.5) is 0 Å². The molecule has 16 N–H and O–H groups in total. The number of hydrogen-bond acceptors (Lipinski definition) is 16. The maximum Gasteiger partial charge on any atom is 0.305 e. The number of carboxylic acids is 1. The second-order valence-corrected chi connectivity index (χ2v) is 18.5. The number of aliphatic carboxylic acids is 1. The number of primary amides is 1. The summed E-state index contributed by atoms with van der Waals surface area (Å²) in [5.74, 6) is -12.0. The quantitative estimate of drug-likeness (QED) is 0.0378. The number of carbonyl (C=O) groups excluding carboxylic acids is 11. The average Bonchev–Trinajstić information content (AvgIpc) is 3.86. The lowest BCUT2D eigenvalue weighted by Crippen LogP contribution is -2.63. The van der Waals surface area contributed by atoms with E-state index in [9.17, 15) is 83.1 Å². The van der Waals surface area contributed by atoms with Gasteiger partial charge in [-0.15, -0.1) is 0 Å². The molecule has 1 saturated heterocycles. The molecule has 0 saturated carbocycles. The van der Waals surface area contributed by atoms with E-state index in [1.54, 1.807) is 30.3 Å². The van der Waals surface area contributed by atoms with Gasteiger partial charge in [0.1, 0.15) is 66.2 Å². The summed E-state index contributed by atoms with van der Waals surface area (Å²) in [7, 11) is 0. The largest absolute Gasteiger partial charge is 0.508 e. The highest BCUT2D eigenvalue weighted by molar-refractivity contribution is 5.99. The van der Waals surface area contributed by atoms with Crippen LogP contribution in [-0.2, 0) is 70.4 Å². The Balaban J connectivity index is 1.66. The smallest absolute Gasteiger partial charge is 0.305 e. The zero-order valence-electron chi connectivity index (χ0n) is 43.2. The van der Waals surface area contributed by atoms with Gasteiger partial charge in [0.25, 0.3) is 0 Å². The Morgan fingerprint density at radius 3 is 1.57 bits per heavy atom. The van der Waals surface area contributed by atoms with E-state index in [1.165, 1.54) is 45.0 Å². The minimum absolute atomic E-state index is 0.0112. The molecular weight excluding hydrogens is 1010 g/mol. The Morgan fingerprint density at radius 2 is 1.04 bits per heavy atom. The SMILES string of the molecule is CC(=O)N[C@@H](CO)C(=O)N[C@@H](CC(=O)O)C(=O)N[C@H](C(=O)N[C@H](C(=O)N1CCC[C@H]1C(=O)N[C@@H](C)C(=O)N[C@@H](C)C(=O)N[C@@H](Cc1ccccc1)C(=O)N[C@@H](C)C(=O)N[C@@H](Cc1ccc(O)cc1)C(N)=O)[C@@H](C)O)[C@@H](C)O. The van der Waals surface area contributed by atoms with Gasteiger partial charge in [-0.05, 0) is 70.7 Å². The second-order valence-electron chi connectivity index (χ2n) is 18.5. The molecule has 1 heterocycles. The number of rotatable bonds is 28. The Bertz CT molecular complexity index is 2460. The molecule has 28 heteroatoms. The summed E-state index contributed by atoms with van der Waals surface area (Å²) in [5, 5.41) is 70.7. The summed E-state index contributed by atoms with van der Waals surface area (Å²) >= 11 is 0. The van der Waals surface area contributed by atoms with Gasteiger partial charge in [0.05, 0.1) is 25.2 Å². The van der Waals surface area contributed by atoms with E-state index in [4.69, 9.17) is 5.73 Å². The number of hydrogen-bond donors (Lipinski definition) is 15. The van der Waals surface area contributed by atoms with Crippen molar-refractivity contribution in [3.8, 4) is 5.75 Å². The van der Waals surface area contributed by atoms with Crippen molar-refractivity contribution in [1.82, 2.24) is 52.8 Å². The predicted octanol–water partition coefficient (Wildman–Crippen LogP) is -5.67. The van der Waals surface area contributed by atoms with Gasteiger partial charge in [-0.2, -0.15) is 0 Å². The fraction of sp³-hybridized carbons (Fsp3) is 0.510. The van der Waals surface area contributed by atoms with E-state index in [1.807, 2.05) is 0 Å². The summed E-state index contributed by atoms with van der Waals surface area (Å²) in [6, 6.07) is -0.503. The highest BCUT2D eigenvalue weighted by Gasteiger charge is 2.42. The number of likely N-dealkylation sites (tertiary alicyclic amines) is 1. The fourth-order valence-corrected chi connectivity index (χ4v) is 7.77. The van der Waals surface area contributed by atoms with Gasteiger partial charge < -0.3 is 84.0 Å². The molecule has 2 aromatic rings. The molecule has 0 spiro atoms. The monoisotopic (exact) mass is 1080 g/mol. The minimum Gasteiger partial charge on any atom is -0.508 e. The molecule has 0 radical (unpaired) electrons. The molecule has 77 heavy (non-hydrogen) atoms. The zero-order chi connectivity index (χ0) is 57.8. The molecule has 0 aromatic heterocycles. The molecule has 12 atom stereocenters. The summed E-state index contributed by atoms with van der Waals surface area (Å²) in [6.07, 6.45) is -4.22. The van der Waals surface area contributed by atoms with E-state index in [0.29, 0.717) is 11.1 Å². The van der Waals surface area contributed by atoms with Crippen LogP contribution in [0.25, 0.3) is 0 Å². The highest BCUT2D eigenvalue weighted by Crippen LogP contribution is 2.20. The minimum atomic E-state index is -1.93. The normalized spacial score (nSPS) is 17.3. The molecule has 2 aromatic carbocycles. The van der Waals surface area contributed by atoms with Crippen molar-refractivity contribution in [3.05, 3.63) is 65.7 Å². The molecule has 422 valence electrons. The van der Waals surface area contributed by atoms with Crippen LogP contribution in [0, 0.1) is 0 Å². The summed E-state index contributed by atoms with van der Waals surface area (Å²) in [4.78, 5) is 157. The number of amides is 11. The zero-order valence-corrected chi connectivity index (χ0v) is 43.2. The van der Waals surface area contributed by atoms with E-state index in [0.717, 1.165) is 25.7 Å². The van der Waals surface area contributed by atoms with Crippen molar-refractivity contribution in [2.45, 2.75) is 146 Å². The fourth-order valence-electron chi connectivity index (χ4n) is 7.77. The van der Waals surface area contributed by atoms with Crippen molar-refractivity contribution in [2.24, 2.45) is 5.73 Å². The maximum atomic E-state index is 14.0. The molecule has 0 unspecified atom stereocenters. The Kier molecular flexibility index (Phi) is 24.4. The first kappa shape index (κ1) is 63.1. The third kappa shape index (κ3) is 19.8. The van der Waals surface area contributed by atoms with E-state index < -0.39 is 157 Å². The third-order valence-corrected chi connectivity index (χ3v) is 12.0. The number of nitrogens with one attached hydrogen (secondary N) is 9. The molecule has 1 fully saturated rings. The second kappa shape index (κ2) is 29.7. The van der Waals surface area contributed by atoms with Gasteiger partial charge in [0.2, 0.25) is 65.0 Å². The summed E-state index contributed by atoms with van der Waals surface area (Å²) < 4.78 is 0. The van der Waals surface area contributed by atoms with Gasteiger partial charge in [-0.3, -0.25) is 57.5 Å². The topological polar surface area (TPSA) is 444 Å². The number of carbonyl (C=O) groups is 12. The van der Waals surface area contributed by atoms with Crippen molar-refractivity contribution >= 4 is 70.9 Å². The molecule has 1 aliphatic heterocycles. The lowest BCUT2D eigenvalue weighted by atomic mass is 10.0. The number of phenolic OH excluding ortho intramolecular Hbond substituents is 1. The first-order valence-electron chi connectivity index (χ1n) is 24.4. The number of nitrogens with two attached hydrogens (primary N) is 1. The number of nitrogens with zero attached hydrogens (tertiary/aromatic N) is 1. The van der Waals surface area contributed by atoms with Gasteiger partial charge in [-0.1, -0.05) is 42.5 Å². The van der Waals surface area contributed by atoms with Crippen LogP contribution < -0.4 is 53.6 Å². The Morgan fingerprint density at radius 1 is 0.571 bits per heavy atom. The van der Waals surface area contributed by atoms with E-state index in [-0.39, 0.29) is 38.0 Å². The first-order valence-corrected chi connectivity index (χ1v) is 24.4. The lowest BCUT2D eigenvalue weighted by molar-refractivity contribution is -0.145. The predicted molar refractivity (Wildman–Crippen MR) is 269 cm³/mol. The molecule has 0 bridgehead atoms. The summed E-state index contributed by atoms with van der Waals surface area (Å²) in [5.41, 5.74) is 6.72. The van der Waals surface area contributed by atoms with Crippen molar-refractivity contribution in [3.63, 3.8) is 0 Å². The van der Waals surface area contributed by atoms with Crippen molar-refractivity contribution in [2.75, 3.05) is 13.2 Å². The number of benzene rings is 2. The van der Waals surface area contributed by atoms with Crippen LogP contribution in [0.2, 0.25) is 0 Å². The maximum absolute atomic E-state index is 14.0. The number of carboxylic acid groups (broad SMARTS) is 1. The Hall–Kier alpha value is -8.24. The van der Waals surface area contributed by atoms with Crippen LogP contribution in [0.1, 0.15) is 71.9 Å². The third-order valence-electron chi connectivity index (χ3n) is 12.0. The standard InChI is InChI=1S/C49H69N11O17/c1-23(41(69)51-24(2)43(71)56-33(20-29-11-8-7-9-12-29)44(72)52-25(3)42(70)55-32(40(50)68)19-30-14-16-31(65)17-15-30)53-47(75)36-13-10-18-60(36)49(77)39(27(5)63)59-48(76)38(26(4)62)58-45(73)34(21-37(66)67)57-46(74)35(22-61)54-28(6)64/h7-9,11-12,14-17,23-27,32-36,38-39,61-63,65H,10,13,18-22H2,1-6H3,(H2,50,68)(H,51,69)(H,52,72)(H,53,75)(H,54,64)(H,55,70)(H,56,71)(H,57,74)(H,58,73)(H,59,76)(H,66,67)/t23-,24-,25-,26+,27+,32-,33-,34-,35-,36-,38-,39-/m0/s1. The van der Waals surface area contributed by atoms with Crippen LogP contribution in [0.3, 0.4) is 0 Å². The number of aromatic hydroxyl groups is 1. The number of aliphatic hydroxyl groups excluding tert-OH is 3. The van der Waals surface area contributed by atoms with Crippen LogP contribution >= 0.6 is 0 Å². The van der Waals surface area contributed by atoms with Gasteiger partial charge in [0.15, 0.2) is 0 Å². The lowest BCUT2D eigenvalue weighted by Gasteiger charge is -2.32. The average molecular weight is 1080 g/mol.